The Kier molecular flexibility index (Phi) is 4.54. The maximum atomic E-state index is 11.9. The molecule has 1 heterocycles. The molecule has 15 heavy (non-hydrogen) atoms. The lowest BCUT2D eigenvalue weighted by molar-refractivity contribution is -0.134. The monoisotopic (exact) mass is 214 g/mol. The predicted octanol–water partition coefficient (Wildman–Crippen LogP) is 0.343. The number of nitrogens with zero attached hydrogens (tertiary/aromatic N) is 1. The molecule has 88 valence electrons. The van der Waals surface area contributed by atoms with Crippen molar-refractivity contribution < 1.29 is 9.90 Å². The van der Waals surface area contributed by atoms with Crippen molar-refractivity contribution in [2.24, 2.45) is 11.7 Å². The molecule has 1 rings (SSSR count). The van der Waals surface area contributed by atoms with Crippen molar-refractivity contribution in [2.75, 3.05) is 13.2 Å². The molecule has 1 fully saturated rings. The second-order valence-corrected chi connectivity index (χ2v) is 4.75. The van der Waals surface area contributed by atoms with E-state index < -0.39 is 6.04 Å². The van der Waals surface area contributed by atoms with Crippen LogP contribution in [0.25, 0.3) is 0 Å². The fraction of sp³-hybridized carbons (Fsp3) is 0.909. The molecule has 3 N–H and O–H groups in total. The quantitative estimate of drug-likeness (QED) is 0.709. The van der Waals surface area contributed by atoms with Crippen LogP contribution in [0.1, 0.15) is 33.1 Å². The number of carbonyl (C=O) groups is 1. The summed E-state index contributed by atoms with van der Waals surface area (Å²) in [7, 11) is 0. The van der Waals surface area contributed by atoms with E-state index in [2.05, 4.69) is 13.8 Å². The second kappa shape index (κ2) is 5.47. The average Bonchev–Trinajstić information content (AvgIpc) is 2.62. The summed E-state index contributed by atoms with van der Waals surface area (Å²) in [5.74, 6) is 0.430. The molecule has 4 nitrogen and oxygen atoms in total. The summed E-state index contributed by atoms with van der Waals surface area (Å²) in [4.78, 5) is 13.7. The molecule has 0 bridgehead atoms. The first-order valence-corrected chi connectivity index (χ1v) is 5.73. The van der Waals surface area contributed by atoms with Gasteiger partial charge in [0.25, 0.3) is 0 Å². The van der Waals surface area contributed by atoms with Crippen LogP contribution in [0, 0.1) is 5.92 Å². The lowest BCUT2D eigenvalue weighted by Gasteiger charge is -2.26. The van der Waals surface area contributed by atoms with E-state index in [1.165, 1.54) is 0 Å². The molecule has 0 radical (unpaired) electrons. The van der Waals surface area contributed by atoms with E-state index >= 15 is 0 Å². The highest BCUT2D eigenvalue weighted by molar-refractivity contribution is 5.82. The molecule has 1 amide bonds. The summed E-state index contributed by atoms with van der Waals surface area (Å²) in [5.41, 5.74) is 5.84. The van der Waals surface area contributed by atoms with E-state index in [0.717, 1.165) is 19.4 Å². The highest BCUT2D eigenvalue weighted by Gasteiger charge is 2.31. The van der Waals surface area contributed by atoms with Crippen molar-refractivity contribution in [3.05, 3.63) is 0 Å². The fourth-order valence-corrected chi connectivity index (χ4v) is 2.14. The van der Waals surface area contributed by atoms with E-state index in [-0.39, 0.29) is 18.6 Å². The number of carbonyl (C=O) groups excluding carboxylic acids is 1. The molecular formula is C11H22N2O2. The van der Waals surface area contributed by atoms with Gasteiger partial charge in [-0.2, -0.15) is 0 Å². The molecule has 1 aliphatic heterocycles. The zero-order valence-corrected chi connectivity index (χ0v) is 9.65. The van der Waals surface area contributed by atoms with Crippen molar-refractivity contribution in [2.45, 2.75) is 45.2 Å². The summed E-state index contributed by atoms with van der Waals surface area (Å²) in [6.45, 7) is 4.91. The predicted molar refractivity (Wildman–Crippen MR) is 59.3 cm³/mol. The lowest BCUT2D eigenvalue weighted by atomic mass is 10.0. The fourth-order valence-electron chi connectivity index (χ4n) is 2.14. The van der Waals surface area contributed by atoms with Crippen molar-refractivity contribution in [1.82, 2.24) is 4.90 Å². The third-order valence-corrected chi connectivity index (χ3v) is 2.91. The minimum Gasteiger partial charge on any atom is -0.394 e. The van der Waals surface area contributed by atoms with Gasteiger partial charge in [0.1, 0.15) is 0 Å². The van der Waals surface area contributed by atoms with E-state index in [4.69, 9.17) is 10.8 Å². The molecule has 0 aromatic carbocycles. The average molecular weight is 214 g/mol. The van der Waals surface area contributed by atoms with Crippen LogP contribution in [0.4, 0.5) is 0 Å². The molecule has 0 aliphatic carbocycles. The van der Waals surface area contributed by atoms with Crippen molar-refractivity contribution in [3.8, 4) is 0 Å². The number of nitrogens with two attached hydrogens (primary N) is 1. The zero-order chi connectivity index (χ0) is 11.4. The van der Waals surface area contributed by atoms with Crippen LogP contribution in [-0.2, 0) is 4.79 Å². The van der Waals surface area contributed by atoms with Crippen LogP contribution < -0.4 is 5.73 Å². The summed E-state index contributed by atoms with van der Waals surface area (Å²) >= 11 is 0. The van der Waals surface area contributed by atoms with Crippen LogP contribution in [0.2, 0.25) is 0 Å². The molecule has 0 aromatic heterocycles. The molecule has 4 heteroatoms. The molecule has 0 spiro atoms. The number of rotatable bonds is 4. The van der Waals surface area contributed by atoms with Crippen LogP contribution >= 0.6 is 0 Å². The van der Waals surface area contributed by atoms with Gasteiger partial charge in [-0.05, 0) is 25.2 Å². The summed E-state index contributed by atoms with van der Waals surface area (Å²) in [5, 5.41) is 9.11. The molecule has 0 saturated carbocycles. The number of hydrogen-bond acceptors (Lipinski definition) is 3. The normalized spacial score (nSPS) is 23.5. The van der Waals surface area contributed by atoms with Crippen molar-refractivity contribution in [1.29, 1.82) is 0 Å². The molecule has 1 saturated heterocycles. The smallest absolute Gasteiger partial charge is 0.239 e. The second-order valence-electron chi connectivity index (χ2n) is 4.75. The molecular weight excluding hydrogens is 192 g/mol. The summed E-state index contributed by atoms with van der Waals surface area (Å²) in [6, 6.07) is -0.409. The highest BCUT2D eigenvalue weighted by atomic mass is 16.3. The minimum absolute atomic E-state index is 0.000231. The Labute approximate surface area is 91.4 Å². The highest BCUT2D eigenvalue weighted by Crippen LogP contribution is 2.18. The van der Waals surface area contributed by atoms with Gasteiger partial charge in [0.2, 0.25) is 5.91 Å². The van der Waals surface area contributed by atoms with Gasteiger partial charge in [-0.1, -0.05) is 13.8 Å². The van der Waals surface area contributed by atoms with Crippen LogP contribution in [0.3, 0.4) is 0 Å². The van der Waals surface area contributed by atoms with E-state index in [1.54, 1.807) is 4.90 Å². The van der Waals surface area contributed by atoms with E-state index in [9.17, 15) is 4.79 Å². The molecule has 2 atom stereocenters. The lowest BCUT2D eigenvalue weighted by Crippen LogP contribution is -2.47. The van der Waals surface area contributed by atoms with Gasteiger partial charge in [0.15, 0.2) is 0 Å². The Hall–Kier alpha value is -0.610. The zero-order valence-electron chi connectivity index (χ0n) is 9.65. The third-order valence-electron chi connectivity index (χ3n) is 2.91. The van der Waals surface area contributed by atoms with Gasteiger partial charge in [0, 0.05) is 6.54 Å². The number of aliphatic hydroxyl groups is 1. The summed E-state index contributed by atoms with van der Waals surface area (Å²) in [6.07, 6.45) is 2.59. The number of amides is 1. The number of aliphatic hydroxyl groups excluding tert-OH is 1. The van der Waals surface area contributed by atoms with E-state index in [1.807, 2.05) is 0 Å². The Morgan fingerprint density at radius 1 is 1.60 bits per heavy atom. The maximum Gasteiger partial charge on any atom is 0.239 e. The number of hydrogen-bond donors (Lipinski definition) is 2. The Morgan fingerprint density at radius 3 is 2.80 bits per heavy atom. The third kappa shape index (κ3) is 3.18. The first-order chi connectivity index (χ1) is 7.06. The number of likely N-dealkylation sites (tertiary alicyclic amines) is 1. The Balaban J connectivity index is 2.51. The standard InChI is InChI=1S/C11H22N2O2/c1-8(2)6-10(12)11(15)13-5-3-4-9(13)7-14/h8-10,14H,3-7,12H2,1-2H3/t9-,10-/m1/s1. The largest absolute Gasteiger partial charge is 0.394 e. The maximum absolute atomic E-state index is 11.9. The van der Waals surface area contributed by atoms with E-state index in [0.29, 0.717) is 12.3 Å². The summed E-state index contributed by atoms with van der Waals surface area (Å²) < 4.78 is 0. The minimum atomic E-state index is -0.405. The van der Waals surface area contributed by atoms with Gasteiger partial charge >= 0.3 is 0 Å². The van der Waals surface area contributed by atoms with Crippen molar-refractivity contribution >= 4 is 5.91 Å². The first-order valence-electron chi connectivity index (χ1n) is 5.73. The van der Waals surface area contributed by atoms with Crippen molar-refractivity contribution in [3.63, 3.8) is 0 Å². The SMILES string of the molecule is CC(C)C[C@@H](N)C(=O)N1CCC[C@@H]1CO. The molecule has 0 aromatic rings. The van der Waals surface area contributed by atoms with Gasteiger partial charge < -0.3 is 15.7 Å². The van der Waals surface area contributed by atoms with Gasteiger partial charge in [-0.15, -0.1) is 0 Å². The first kappa shape index (κ1) is 12.5. The Bertz CT molecular complexity index is 219. The van der Waals surface area contributed by atoms with Crippen LogP contribution in [0.5, 0.6) is 0 Å². The Morgan fingerprint density at radius 2 is 2.27 bits per heavy atom. The van der Waals surface area contributed by atoms with Gasteiger partial charge in [-0.25, -0.2) is 0 Å². The molecule has 1 aliphatic rings. The topological polar surface area (TPSA) is 66.6 Å². The van der Waals surface area contributed by atoms with Crippen LogP contribution in [-0.4, -0.2) is 41.1 Å². The van der Waals surface area contributed by atoms with Gasteiger partial charge in [-0.3, -0.25) is 4.79 Å². The molecule has 0 unspecified atom stereocenters. The van der Waals surface area contributed by atoms with Crippen LogP contribution in [0.15, 0.2) is 0 Å². The van der Waals surface area contributed by atoms with Gasteiger partial charge in [0.05, 0.1) is 18.7 Å².